The van der Waals surface area contributed by atoms with Crippen LogP contribution in [-0.2, 0) is 16.9 Å². The Bertz CT molecular complexity index is 1330. The summed E-state index contributed by atoms with van der Waals surface area (Å²) in [6, 6.07) is 23.2. The molecule has 0 bridgehead atoms. The zero-order chi connectivity index (χ0) is 22.3. The molecule has 3 N–H and O–H groups in total. The predicted octanol–water partition coefficient (Wildman–Crippen LogP) is 4.82. The third-order valence-electron chi connectivity index (χ3n) is 6.63. The van der Waals surface area contributed by atoms with E-state index in [9.17, 15) is 9.59 Å². The van der Waals surface area contributed by atoms with Crippen molar-refractivity contribution in [2.45, 2.75) is 31.8 Å². The minimum atomic E-state index is -1.18. The molecule has 1 saturated heterocycles. The number of aryl methyl sites for hydroxylation is 1. The molecular weight excluding hydrogens is 400 g/mol. The van der Waals surface area contributed by atoms with E-state index in [1.807, 2.05) is 60.7 Å². The van der Waals surface area contributed by atoms with E-state index in [4.69, 9.17) is 5.73 Å². The number of nitrogens with zero attached hydrogens (tertiary/aromatic N) is 2. The quantitative estimate of drug-likeness (QED) is 0.490. The lowest BCUT2D eigenvalue weighted by Crippen LogP contribution is -2.54. The molecule has 0 saturated carbocycles. The molecule has 162 valence electrons. The molecule has 32 heavy (non-hydrogen) atoms. The van der Waals surface area contributed by atoms with E-state index in [0.717, 1.165) is 33.9 Å². The third kappa shape index (κ3) is 2.94. The number of urea groups is 1. The number of benzene rings is 3. The highest BCUT2D eigenvalue weighted by Gasteiger charge is 2.50. The van der Waals surface area contributed by atoms with Crippen molar-refractivity contribution in [2.24, 2.45) is 5.73 Å². The van der Waals surface area contributed by atoms with E-state index in [1.54, 1.807) is 4.90 Å². The number of primary amides is 1. The SMILES string of the molecule is CCn1c2ccccc2c2cc(C3(C(N)=O)CCCN3C(=O)Nc3ccccc3)ccc21. The molecule has 3 amide bonds. The smallest absolute Gasteiger partial charge is 0.323 e. The Hall–Kier alpha value is -3.80. The van der Waals surface area contributed by atoms with Crippen LogP contribution in [0.15, 0.2) is 72.8 Å². The number of carbonyl (C=O) groups excluding carboxylic acids is 2. The van der Waals surface area contributed by atoms with Crippen LogP contribution in [0.1, 0.15) is 25.3 Å². The first-order valence-corrected chi connectivity index (χ1v) is 11.0. The summed E-state index contributed by atoms with van der Waals surface area (Å²) in [5.74, 6) is -0.503. The second kappa shape index (κ2) is 7.71. The van der Waals surface area contributed by atoms with Crippen LogP contribution in [0.4, 0.5) is 10.5 Å². The van der Waals surface area contributed by atoms with Gasteiger partial charge in [0.2, 0.25) is 5.91 Å². The predicted molar refractivity (Wildman–Crippen MR) is 127 cm³/mol. The van der Waals surface area contributed by atoms with Crippen molar-refractivity contribution < 1.29 is 9.59 Å². The highest BCUT2D eigenvalue weighted by atomic mass is 16.2. The van der Waals surface area contributed by atoms with E-state index >= 15 is 0 Å². The lowest BCUT2D eigenvalue weighted by molar-refractivity contribution is -0.127. The maximum Gasteiger partial charge on any atom is 0.323 e. The molecule has 2 heterocycles. The molecule has 6 nitrogen and oxygen atoms in total. The summed E-state index contributed by atoms with van der Waals surface area (Å²) in [6.45, 7) is 3.43. The van der Waals surface area contributed by atoms with Gasteiger partial charge in [-0.15, -0.1) is 0 Å². The number of anilines is 1. The van der Waals surface area contributed by atoms with Gasteiger partial charge in [0.05, 0.1) is 0 Å². The van der Waals surface area contributed by atoms with Crippen LogP contribution in [0.3, 0.4) is 0 Å². The summed E-state index contributed by atoms with van der Waals surface area (Å²) in [7, 11) is 0. The Kier molecular flexibility index (Phi) is 4.85. The van der Waals surface area contributed by atoms with Crippen molar-refractivity contribution in [3.8, 4) is 0 Å². The first-order valence-electron chi connectivity index (χ1n) is 11.0. The normalized spacial score (nSPS) is 18.3. The van der Waals surface area contributed by atoms with Crippen molar-refractivity contribution in [3.05, 3.63) is 78.4 Å². The lowest BCUT2D eigenvalue weighted by atomic mass is 9.85. The third-order valence-corrected chi connectivity index (χ3v) is 6.63. The van der Waals surface area contributed by atoms with E-state index in [2.05, 4.69) is 28.9 Å². The van der Waals surface area contributed by atoms with Gasteiger partial charge in [0.25, 0.3) is 0 Å². The number of hydrogen-bond donors (Lipinski definition) is 2. The molecule has 1 unspecified atom stereocenters. The van der Waals surface area contributed by atoms with Gasteiger partial charge < -0.3 is 20.5 Å². The molecular formula is C26H26N4O2. The largest absolute Gasteiger partial charge is 0.367 e. The first kappa shape index (κ1) is 20.1. The summed E-state index contributed by atoms with van der Waals surface area (Å²) >= 11 is 0. The summed E-state index contributed by atoms with van der Waals surface area (Å²) in [4.78, 5) is 27.8. The fraction of sp³-hybridized carbons (Fsp3) is 0.231. The van der Waals surface area contributed by atoms with Crippen molar-refractivity contribution in [3.63, 3.8) is 0 Å². The van der Waals surface area contributed by atoms with E-state index in [1.165, 1.54) is 0 Å². The standard InChI is InChI=1S/C26H26N4O2/c1-2-29-22-12-7-6-11-20(22)21-17-18(13-14-23(21)29)26(24(27)31)15-8-16-30(26)25(32)28-19-9-4-3-5-10-19/h3-7,9-14,17H,2,8,15-16H2,1H3,(H2,27,31)(H,28,32). The molecule has 1 aliphatic rings. The highest BCUT2D eigenvalue weighted by Crippen LogP contribution is 2.41. The summed E-state index contributed by atoms with van der Waals surface area (Å²) in [6.07, 6.45) is 1.21. The highest BCUT2D eigenvalue weighted by molar-refractivity contribution is 6.09. The molecule has 5 rings (SSSR count). The van der Waals surface area contributed by atoms with Crippen molar-refractivity contribution >= 4 is 39.4 Å². The van der Waals surface area contributed by atoms with Gasteiger partial charge in [-0.25, -0.2) is 4.79 Å². The first-order chi connectivity index (χ1) is 15.6. The fourth-order valence-electron chi connectivity index (χ4n) is 5.16. The zero-order valence-corrected chi connectivity index (χ0v) is 18.0. The Morgan fingerprint density at radius 2 is 1.69 bits per heavy atom. The van der Waals surface area contributed by atoms with Crippen LogP contribution in [0.2, 0.25) is 0 Å². The second-order valence-electron chi connectivity index (χ2n) is 8.27. The molecule has 3 aromatic carbocycles. The minimum absolute atomic E-state index is 0.316. The molecule has 1 atom stereocenters. The number of nitrogens with two attached hydrogens (primary N) is 1. The number of fused-ring (bicyclic) bond motifs is 3. The second-order valence-corrected chi connectivity index (χ2v) is 8.27. The van der Waals surface area contributed by atoms with Gasteiger partial charge in [-0.2, -0.15) is 0 Å². The van der Waals surface area contributed by atoms with Crippen LogP contribution in [0, 0.1) is 0 Å². The zero-order valence-electron chi connectivity index (χ0n) is 18.0. The number of aromatic nitrogens is 1. The molecule has 0 spiro atoms. The Labute approximate surface area is 186 Å². The summed E-state index contributed by atoms with van der Waals surface area (Å²) < 4.78 is 2.26. The van der Waals surface area contributed by atoms with Gasteiger partial charge >= 0.3 is 6.03 Å². The minimum Gasteiger partial charge on any atom is -0.367 e. The topological polar surface area (TPSA) is 80.4 Å². The molecule has 6 heteroatoms. The Morgan fingerprint density at radius 1 is 0.969 bits per heavy atom. The average molecular weight is 427 g/mol. The monoisotopic (exact) mass is 426 g/mol. The van der Waals surface area contributed by atoms with E-state index in [0.29, 0.717) is 25.1 Å². The number of para-hydroxylation sites is 2. The van der Waals surface area contributed by atoms with Gasteiger partial charge in [0.15, 0.2) is 0 Å². The Balaban J connectivity index is 1.63. The van der Waals surface area contributed by atoms with Gasteiger partial charge in [-0.05, 0) is 55.7 Å². The maximum atomic E-state index is 13.2. The van der Waals surface area contributed by atoms with Crippen molar-refractivity contribution in [1.82, 2.24) is 9.47 Å². The van der Waals surface area contributed by atoms with E-state index in [-0.39, 0.29) is 6.03 Å². The summed E-state index contributed by atoms with van der Waals surface area (Å²) in [5.41, 5.74) is 8.54. The van der Waals surface area contributed by atoms with Crippen molar-refractivity contribution in [2.75, 3.05) is 11.9 Å². The van der Waals surface area contributed by atoms with Gasteiger partial charge in [0, 0.05) is 40.6 Å². The van der Waals surface area contributed by atoms with Gasteiger partial charge in [-0.3, -0.25) is 4.79 Å². The van der Waals surface area contributed by atoms with Crippen LogP contribution in [0.5, 0.6) is 0 Å². The number of likely N-dealkylation sites (tertiary alicyclic amines) is 1. The molecule has 1 aromatic heterocycles. The molecule has 1 fully saturated rings. The molecule has 1 aliphatic heterocycles. The number of rotatable bonds is 4. The van der Waals surface area contributed by atoms with Crippen LogP contribution in [-0.4, -0.2) is 28.0 Å². The number of nitrogens with one attached hydrogen (secondary N) is 1. The van der Waals surface area contributed by atoms with Crippen LogP contribution in [0.25, 0.3) is 21.8 Å². The van der Waals surface area contributed by atoms with Crippen molar-refractivity contribution in [1.29, 1.82) is 0 Å². The number of carbonyl (C=O) groups is 2. The van der Waals surface area contributed by atoms with E-state index < -0.39 is 11.4 Å². The molecule has 0 radical (unpaired) electrons. The van der Waals surface area contributed by atoms with Gasteiger partial charge in [0.1, 0.15) is 5.54 Å². The number of amides is 3. The Morgan fingerprint density at radius 3 is 2.44 bits per heavy atom. The number of hydrogen-bond acceptors (Lipinski definition) is 2. The lowest BCUT2D eigenvalue weighted by Gasteiger charge is -2.36. The maximum absolute atomic E-state index is 13.2. The average Bonchev–Trinajstić information content (AvgIpc) is 3.40. The summed E-state index contributed by atoms with van der Waals surface area (Å²) in [5, 5.41) is 5.11. The van der Waals surface area contributed by atoms with Crippen LogP contribution < -0.4 is 11.1 Å². The van der Waals surface area contributed by atoms with Crippen LogP contribution >= 0.6 is 0 Å². The molecule has 0 aliphatic carbocycles. The molecule has 4 aromatic rings. The fourth-order valence-corrected chi connectivity index (χ4v) is 5.16. The van der Waals surface area contributed by atoms with Gasteiger partial charge in [-0.1, -0.05) is 42.5 Å².